The summed E-state index contributed by atoms with van der Waals surface area (Å²) in [6.45, 7) is 3.26. The molecule has 0 atom stereocenters. The normalized spacial score (nSPS) is 16.1. The number of carboxylic acids is 1. The van der Waals surface area contributed by atoms with Gasteiger partial charge in [-0.05, 0) is 19.3 Å². The Morgan fingerprint density at radius 1 is 1.05 bits per heavy atom. The van der Waals surface area contributed by atoms with Crippen molar-refractivity contribution < 1.29 is 14.7 Å². The Hall–Kier alpha value is -1.06. The van der Waals surface area contributed by atoms with Gasteiger partial charge in [0.1, 0.15) is 0 Å². The van der Waals surface area contributed by atoms with Crippen LogP contribution in [0.4, 0.5) is 0 Å². The van der Waals surface area contributed by atoms with E-state index in [1.807, 2.05) is 0 Å². The highest BCUT2D eigenvalue weighted by Gasteiger charge is 2.25. The molecule has 0 aromatic rings. The molecule has 1 amide bonds. The van der Waals surface area contributed by atoms with Crippen molar-refractivity contribution in [1.82, 2.24) is 4.90 Å². The van der Waals surface area contributed by atoms with E-state index >= 15 is 0 Å². The van der Waals surface area contributed by atoms with E-state index in [-0.39, 0.29) is 18.2 Å². The van der Waals surface area contributed by atoms with E-state index in [4.69, 9.17) is 5.11 Å². The standard InChI is InChI=1S/C16H29NO3/c1-2-3-4-8-12-17(13-11-15(18)19)16(20)14-9-6-5-7-10-14/h14H,2-13H2,1H3,(H,18,19). The van der Waals surface area contributed by atoms with E-state index in [2.05, 4.69) is 6.92 Å². The van der Waals surface area contributed by atoms with Gasteiger partial charge in [-0.3, -0.25) is 9.59 Å². The quantitative estimate of drug-likeness (QED) is 0.659. The number of carbonyl (C=O) groups is 2. The molecule has 4 nitrogen and oxygen atoms in total. The molecule has 0 unspecified atom stereocenters. The van der Waals surface area contributed by atoms with E-state index in [0.717, 1.165) is 45.1 Å². The fourth-order valence-corrected chi connectivity index (χ4v) is 2.90. The Morgan fingerprint density at radius 3 is 2.35 bits per heavy atom. The van der Waals surface area contributed by atoms with Gasteiger partial charge in [-0.25, -0.2) is 0 Å². The van der Waals surface area contributed by atoms with Gasteiger partial charge in [0.15, 0.2) is 0 Å². The molecule has 0 heterocycles. The van der Waals surface area contributed by atoms with Crippen molar-refractivity contribution >= 4 is 11.9 Å². The van der Waals surface area contributed by atoms with Gasteiger partial charge in [0.2, 0.25) is 5.91 Å². The molecular formula is C16H29NO3. The topological polar surface area (TPSA) is 57.6 Å². The number of carbonyl (C=O) groups excluding carboxylic acids is 1. The number of hydrogen-bond donors (Lipinski definition) is 1. The van der Waals surface area contributed by atoms with E-state index in [0.29, 0.717) is 6.54 Å². The van der Waals surface area contributed by atoms with Crippen LogP contribution in [0.15, 0.2) is 0 Å². The summed E-state index contributed by atoms with van der Waals surface area (Å²) in [4.78, 5) is 25.1. The maximum atomic E-state index is 12.5. The van der Waals surface area contributed by atoms with E-state index in [1.54, 1.807) is 4.90 Å². The number of amides is 1. The summed E-state index contributed by atoms with van der Waals surface area (Å²) in [6, 6.07) is 0. The fourth-order valence-electron chi connectivity index (χ4n) is 2.90. The zero-order chi connectivity index (χ0) is 14.8. The second kappa shape index (κ2) is 9.78. The van der Waals surface area contributed by atoms with Gasteiger partial charge in [0.05, 0.1) is 6.42 Å². The molecule has 1 saturated carbocycles. The van der Waals surface area contributed by atoms with Crippen LogP contribution in [0, 0.1) is 5.92 Å². The third kappa shape index (κ3) is 6.40. The predicted molar refractivity (Wildman–Crippen MR) is 79.5 cm³/mol. The zero-order valence-electron chi connectivity index (χ0n) is 12.8. The molecule has 1 aliphatic carbocycles. The molecule has 0 bridgehead atoms. The highest BCUT2D eigenvalue weighted by atomic mass is 16.4. The van der Waals surface area contributed by atoms with Crippen LogP contribution in [-0.4, -0.2) is 35.0 Å². The summed E-state index contributed by atoms with van der Waals surface area (Å²) < 4.78 is 0. The summed E-state index contributed by atoms with van der Waals surface area (Å²) in [5, 5.41) is 8.83. The van der Waals surface area contributed by atoms with Crippen LogP contribution in [0.5, 0.6) is 0 Å². The van der Waals surface area contributed by atoms with E-state index in [1.165, 1.54) is 19.3 Å². The number of hydrogen-bond acceptors (Lipinski definition) is 2. The smallest absolute Gasteiger partial charge is 0.305 e. The van der Waals surface area contributed by atoms with Gasteiger partial charge in [0.25, 0.3) is 0 Å². The molecule has 0 aromatic heterocycles. The minimum absolute atomic E-state index is 0.0617. The Bertz CT molecular complexity index is 298. The van der Waals surface area contributed by atoms with E-state index in [9.17, 15) is 9.59 Å². The first-order valence-corrected chi connectivity index (χ1v) is 8.15. The lowest BCUT2D eigenvalue weighted by atomic mass is 9.88. The summed E-state index contributed by atoms with van der Waals surface area (Å²) in [5.41, 5.74) is 0. The monoisotopic (exact) mass is 283 g/mol. The third-order valence-electron chi connectivity index (χ3n) is 4.14. The van der Waals surface area contributed by atoms with Gasteiger partial charge in [-0.1, -0.05) is 45.4 Å². The lowest BCUT2D eigenvalue weighted by Crippen LogP contribution is -2.39. The number of unbranched alkanes of at least 4 members (excludes halogenated alkanes) is 3. The molecule has 4 heteroatoms. The molecule has 1 N–H and O–H groups in total. The maximum Gasteiger partial charge on any atom is 0.305 e. The Labute approximate surface area is 122 Å². The zero-order valence-corrected chi connectivity index (χ0v) is 12.8. The van der Waals surface area contributed by atoms with Gasteiger partial charge in [-0.2, -0.15) is 0 Å². The van der Waals surface area contributed by atoms with Crippen LogP contribution in [0.2, 0.25) is 0 Å². The summed E-state index contributed by atoms with van der Waals surface area (Å²) >= 11 is 0. The van der Waals surface area contributed by atoms with Gasteiger partial charge in [0, 0.05) is 19.0 Å². The second-order valence-electron chi connectivity index (χ2n) is 5.86. The number of nitrogens with zero attached hydrogens (tertiary/aromatic N) is 1. The molecule has 20 heavy (non-hydrogen) atoms. The average molecular weight is 283 g/mol. The molecule has 0 aliphatic heterocycles. The Kier molecular flexibility index (Phi) is 8.31. The van der Waals surface area contributed by atoms with Crippen LogP contribution < -0.4 is 0 Å². The molecule has 1 rings (SSSR count). The largest absolute Gasteiger partial charge is 0.481 e. The SMILES string of the molecule is CCCCCCN(CCC(=O)O)C(=O)C1CCCCC1. The molecule has 1 fully saturated rings. The highest BCUT2D eigenvalue weighted by Crippen LogP contribution is 2.25. The van der Waals surface area contributed by atoms with Crippen LogP contribution in [-0.2, 0) is 9.59 Å². The summed E-state index contributed by atoms with van der Waals surface area (Å²) in [7, 11) is 0. The van der Waals surface area contributed by atoms with Crippen LogP contribution >= 0.6 is 0 Å². The van der Waals surface area contributed by atoms with Crippen molar-refractivity contribution in [3.8, 4) is 0 Å². The van der Waals surface area contributed by atoms with E-state index < -0.39 is 5.97 Å². The van der Waals surface area contributed by atoms with Crippen LogP contribution in [0.1, 0.15) is 71.1 Å². The number of carboxylic acid groups (broad SMARTS) is 1. The predicted octanol–water partition coefficient (Wildman–Crippen LogP) is 3.45. The van der Waals surface area contributed by atoms with Crippen molar-refractivity contribution in [3.05, 3.63) is 0 Å². The van der Waals surface area contributed by atoms with Crippen molar-refractivity contribution in [3.63, 3.8) is 0 Å². The molecule has 1 aliphatic rings. The fraction of sp³-hybridized carbons (Fsp3) is 0.875. The highest BCUT2D eigenvalue weighted by molar-refractivity contribution is 5.79. The summed E-state index contributed by atoms with van der Waals surface area (Å²) in [5.74, 6) is -0.480. The maximum absolute atomic E-state index is 12.5. The van der Waals surface area contributed by atoms with Crippen LogP contribution in [0.3, 0.4) is 0 Å². The molecule has 0 radical (unpaired) electrons. The molecule has 0 spiro atoms. The third-order valence-corrected chi connectivity index (χ3v) is 4.14. The average Bonchev–Trinajstić information content (AvgIpc) is 2.46. The van der Waals surface area contributed by atoms with Crippen molar-refractivity contribution in [1.29, 1.82) is 0 Å². The van der Waals surface area contributed by atoms with Gasteiger partial charge < -0.3 is 10.0 Å². The van der Waals surface area contributed by atoms with Crippen molar-refractivity contribution in [2.75, 3.05) is 13.1 Å². The first kappa shape index (κ1) is 17.0. The molecule has 0 aromatic carbocycles. The lowest BCUT2D eigenvalue weighted by Gasteiger charge is -2.29. The number of aliphatic carboxylic acids is 1. The molecule has 116 valence electrons. The first-order chi connectivity index (χ1) is 9.65. The van der Waals surface area contributed by atoms with Crippen molar-refractivity contribution in [2.45, 2.75) is 71.1 Å². The molecule has 0 saturated heterocycles. The van der Waals surface area contributed by atoms with Gasteiger partial charge >= 0.3 is 5.97 Å². The second-order valence-corrected chi connectivity index (χ2v) is 5.86. The van der Waals surface area contributed by atoms with Crippen molar-refractivity contribution in [2.24, 2.45) is 5.92 Å². The Morgan fingerprint density at radius 2 is 1.75 bits per heavy atom. The Balaban J connectivity index is 2.45. The van der Waals surface area contributed by atoms with Gasteiger partial charge in [-0.15, -0.1) is 0 Å². The molecular weight excluding hydrogens is 254 g/mol. The lowest BCUT2D eigenvalue weighted by molar-refractivity contribution is -0.140. The summed E-state index contributed by atoms with van der Waals surface area (Å²) in [6.07, 6.45) is 10.0. The first-order valence-electron chi connectivity index (χ1n) is 8.15. The minimum atomic E-state index is -0.819. The van der Waals surface area contributed by atoms with Crippen LogP contribution in [0.25, 0.3) is 0 Å². The minimum Gasteiger partial charge on any atom is -0.481 e. The number of rotatable bonds is 9.